The molecule has 0 heterocycles. The Balaban J connectivity index is 2.23. The molecule has 0 amide bonds. The van der Waals surface area contributed by atoms with Crippen LogP contribution >= 0.6 is 0 Å². The number of aliphatic hydroxyl groups excluding tert-OH is 1. The molecule has 1 fully saturated rings. The highest BCUT2D eigenvalue weighted by Crippen LogP contribution is 2.57. The summed E-state index contributed by atoms with van der Waals surface area (Å²) in [4.78, 5) is 0. The largest absolute Gasteiger partial charge is 0.392 e. The first kappa shape index (κ1) is 11.9. The van der Waals surface area contributed by atoms with E-state index in [-0.39, 0.29) is 6.61 Å². The zero-order chi connectivity index (χ0) is 11.8. The van der Waals surface area contributed by atoms with Crippen molar-refractivity contribution in [3.05, 3.63) is 23.8 Å². The summed E-state index contributed by atoms with van der Waals surface area (Å²) < 4.78 is 0. The van der Waals surface area contributed by atoms with E-state index in [1.807, 2.05) is 0 Å². The molecule has 90 valence electrons. The van der Waals surface area contributed by atoms with E-state index in [1.165, 1.54) is 30.4 Å². The van der Waals surface area contributed by atoms with Gasteiger partial charge in [-0.3, -0.25) is 0 Å². The summed E-state index contributed by atoms with van der Waals surface area (Å²) in [5.41, 5.74) is 3.07. The third-order valence-corrected chi connectivity index (χ3v) is 4.83. The zero-order valence-corrected chi connectivity index (χ0v) is 10.6. The molecule has 2 rings (SSSR count). The normalized spacial score (nSPS) is 34.9. The van der Waals surface area contributed by atoms with Crippen LogP contribution in [0.4, 0.5) is 0 Å². The summed E-state index contributed by atoms with van der Waals surface area (Å²) in [6, 6.07) is 0. The van der Waals surface area contributed by atoms with Crippen molar-refractivity contribution in [1.29, 1.82) is 0 Å². The number of rotatable bonds is 2. The predicted octanol–water partition coefficient (Wildman–Crippen LogP) is 3.70. The molecule has 1 saturated carbocycles. The molecular weight excluding hydrogens is 196 g/mol. The van der Waals surface area contributed by atoms with Crippen molar-refractivity contribution < 1.29 is 5.11 Å². The summed E-state index contributed by atoms with van der Waals surface area (Å²) in [6.07, 6.45) is 8.20. The second kappa shape index (κ2) is 4.37. The van der Waals surface area contributed by atoms with Crippen molar-refractivity contribution in [2.45, 2.75) is 46.0 Å². The molecule has 0 saturated heterocycles. The maximum absolute atomic E-state index is 9.17. The van der Waals surface area contributed by atoms with Gasteiger partial charge in [-0.05, 0) is 54.9 Å². The van der Waals surface area contributed by atoms with Gasteiger partial charge in [0, 0.05) is 0 Å². The maximum Gasteiger partial charge on any atom is 0.0641 e. The zero-order valence-electron chi connectivity index (χ0n) is 10.6. The van der Waals surface area contributed by atoms with Crippen molar-refractivity contribution >= 4 is 0 Å². The fourth-order valence-electron chi connectivity index (χ4n) is 3.80. The first-order chi connectivity index (χ1) is 7.60. The van der Waals surface area contributed by atoms with Crippen LogP contribution in [0.25, 0.3) is 0 Å². The Morgan fingerprint density at radius 3 is 2.75 bits per heavy atom. The Morgan fingerprint density at radius 2 is 2.25 bits per heavy atom. The van der Waals surface area contributed by atoms with E-state index in [4.69, 9.17) is 0 Å². The highest BCUT2D eigenvalue weighted by atomic mass is 16.3. The van der Waals surface area contributed by atoms with Gasteiger partial charge in [0.1, 0.15) is 0 Å². The van der Waals surface area contributed by atoms with Crippen LogP contribution in [0.1, 0.15) is 46.0 Å². The molecule has 1 spiro atoms. The van der Waals surface area contributed by atoms with Gasteiger partial charge in [-0.25, -0.2) is 0 Å². The molecule has 0 bridgehead atoms. The van der Waals surface area contributed by atoms with Crippen LogP contribution in [0, 0.1) is 17.3 Å². The van der Waals surface area contributed by atoms with Crippen molar-refractivity contribution in [1.82, 2.24) is 0 Å². The molecule has 1 N–H and O–H groups in total. The van der Waals surface area contributed by atoms with E-state index in [2.05, 4.69) is 26.5 Å². The lowest BCUT2D eigenvalue weighted by Gasteiger charge is -2.41. The van der Waals surface area contributed by atoms with Crippen molar-refractivity contribution in [2.24, 2.45) is 17.3 Å². The Kier molecular flexibility index (Phi) is 3.25. The molecule has 0 aromatic rings. The number of allylic oxidation sites excluding steroid dienone is 2. The second-order valence-corrected chi connectivity index (χ2v) is 5.87. The fourth-order valence-corrected chi connectivity index (χ4v) is 3.80. The topological polar surface area (TPSA) is 20.2 Å². The molecule has 0 radical (unpaired) electrons. The van der Waals surface area contributed by atoms with E-state index in [0.29, 0.717) is 5.41 Å². The van der Waals surface area contributed by atoms with Gasteiger partial charge >= 0.3 is 0 Å². The van der Waals surface area contributed by atoms with Crippen LogP contribution in [0.5, 0.6) is 0 Å². The maximum atomic E-state index is 9.17. The summed E-state index contributed by atoms with van der Waals surface area (Å²) in [5.74, 6) is 1.56. The lowest BCUT2D eigenvalue weighted by atomic mass is 9.63. The van der Waals surface area contributed by atoms with E-state index in [1.54, 1.807) is 0 Å². The van der Waals surface area contributed by atoms with E-state index < -0.39 is 0 Å². The highest BCUT2D eigenvalue weighted by Gasteiger charge is 2.46. The van der Waals surface area contributed by atoms with Gasteiger partial charge in [0.25, 0.3) is 0 Å². The number of hydrogen-bond acceptors (Lipinski definition) is 1. The van der Waals surface area contributed by atoms with Gasteiger partial charge in [0.15, 0.2) is 0 Å². The molecule has 16 heavy (non-hydrogen) atoms. The van der Waals surface area contributed by atoms with Crippen molar-refractivity contribution in [3.8, 4) is 0 Å². The molecule has 1 nitrogen and oxygen atoms in total. The minimum Gasteiger partial charge on any atom is -0.392 e. The molecule has 0 unspecified atom stereocenters. The lowest BCUT2D eigenvalue weighted by molar-refractivity contribution is 0.164. The fraction of sp³-hybridized carbons (Fsp3) is 0.733. The van der Waals surface area contributed by atoms with E-state index in [0.717, 1.165) is 24.7 Å². The molecule has 1 heteroatoms. The smallest absolute Gasteiger partial charge is 0.0641 e. The molecular formula is C15H24O. The van der Waals surface area contributed by atoms with Crippen molar-refractivity contribution in [3.63, 3.8) is 0 Å². The van der Waals surface area contributed by atoms with E-state index in [9.17, 15) is 5.11 Å². The van der Waals surface area contributed by atoms with Crippen LogP contribution in [-0.2, 0) is 0 Å². The third-order valence-electron chi connectivity index (χ3n) is 4.83. The Morgan fingerprint density at radius 1 is 1.50 bits per heavy atom. The van der Waals surface area contributed by atoms with Crippen LogP contribution < -0.4 is 0 Å². The average Bonchev–Trinajstić information content (AvgIpc) is 2.58. The van der Waals surface area contributed by atoms with Gasteiger partial charge in [0.05, 0.1) is 6.61 Å². The Bertz CT molecular complexity index is 313. The molecule has 2 aliphatic rings. The average molecular weight is 220 g/mol. The quantitative estimate of drug-likeness (QED) is 0.704. The molecule has 2 atom stereocenters. The molecule has 0 aromatic heterocycles. The first-order valence-corrected chi connectivity index (χ1v) is 6.57. The lowest BCUT2D eigenvalue weighted by Crippen LogP contribution is -2.32. The van der Waals surface area contributed by atoms with Gasteiger partial charge in [0.2, 0.25) is 0 Å². The predicted molar refractivity (Wildman–Crippen MR) is 68.2 cm³/mol. The van der Waals surface area contributed by atoms with Crippen LogP contribution in [0.2, 0.25) is 0 Å². The highest BCUT2D eigenvalue weighted by molar-refractivity contribution is 5.25. The molecule has 0 aromatic carbocycles. The molecule has 2 aliphatic carbocycles. The number of hydrogen-bond donors (Lipinski definition) is 1. The summed E-state index contributed by atoms with van der Waals surface area (Å²) in [5, 5.41) is 9.17. The van der Waals surface area contributed by atoms with E-state index >= 15 is 0 Å². The van der Waals surface area contributed by atoms with Crippen LogP contribution in [0.15, 0.2) is 23.8 Å². The minimum absolute atomic E-state index is 0.245. The SMILES string of the molecule is C=C1CC[C@@H](C(C)C)[C@]12CC=C(CO)CC2. The Hall–Kier alpha value is -0.560. The van der Waals surface area contributed by atoms with Crippen LogP contribution in [-0.4, -0.2) is 11.7 Å². The third kappa shape index (κ3) is 1.75. The Labute approximate surface area is 99.3 Å². The van der Waals surface area contributed by atoms with Gasteiger partial charge < -0.3 is 5.11 Å². The summed E-state index contributed by atoms with van der Waals surface area (Å²) in [6.45, 7) is 9.25. The van der Waals surface area contributed by atoms with Gasteiger partial charge in [-0.2, -0.15) is 0 Å². The van der Waals surface area contributed by atoms with Gasteiger partial charge in [-0.15, -0.1) is 0 Å². The summed E-state index contributed by atoms with van der Waals surface area (Å²) >= 11 is 0. The summed E-state index contributed by atoms with van der Waals surface area (Å²) in [7, 11) is 0. The van der Waals surface area contributed by atoms with Gasteiger partial charge in [-0.1, -0.05) is 32.1 Å². The second-order valence-electron chi connectivity index (χ2n) is 5.87. The van der Waals surface area contributed by atoms with Crippen molar-refractivity contribution in [2.75, 3.05) is 6.61 Å². The standard InChI is InChI=1S/C15H24O/c1-11(2)14-5-4-12(3)15(14)8-6-13(10-16)7-9-15/h6,11,14,16H,3-5,7-10H2,1-2H3/t14-,15-/m0/s1. The minimum atomic E-state index is 0.245. The first-order valence-electron chi connectivity index (χ1n) is 6.57. The van der Waals surface area contributed by atoms with Crippen LogP contribution in [0.3, 0.4) is 0 Å². The molecule has 0 aliphatic heterocycles. The number of aliphatic hydroxyl groups is 1. The monoisotopic (exact) mass is 220 g/mol.